The zero-order valence-electron chi connectivity index (χ0n) is 22.8. The third-order valence-corrected chi connectivity index (χ3v) is 8.25. The first-order chi connectivity index (χ1) is 19.0. The maximum Gasteiger partial charge on any atom is 0.138 e. The van der Waals surface area contributed by atoms with Gasteiger partial charge in [0.05, 0.1) is 30.4 Å². The van der Waals surface area contributed by atoms with E-state index < -0.39 is 0 Å². The molecule has 4 aromatic rings. The number of morpholine rings is 1. The van der Waals surface area contributed by atoms with Gasteiger partial charge in [0, 0.05) is 54.6 Å². The topological polar surface area (TPSA) is 57.3 Å². The van der Waals surface area contributed by atoms with E-state index >= 15 is 0 Å². The molecule has 0 spiro atoms. The van der Waals surface area contributed by atoms with Gasteiger partial charge in [-0.25, -0.2) is 9.97 Å². The molecular formula is C33H35N5O. The molecule has 0 amide bonds. The van der Waals surface area contributed by atoms with Crippen LogP contribution >= 0.6 is 0 Å². The van der Waals surface area contributed by atoms with Crippen molar-refractivity contribution in [2.24, 2.45) is 0 Å². The molecule has 2 aliphatic rings. The van der Waals surface area contributed by atoms with Gasteiger partial charge in [0.25, 0.3) is 0 Å². The first-order valence-corrected chi connectivity index (χ1v) is 13.8. The Hall–Kier alpha value is -4.08. The van der Waals surface area contributed by atoms with Gasteiger partial charge in [-0.05, 0) is 67.5 Å². The number of aryl methyl sites for hydroxylation is 2. The summed E-state index contributed by atoms with van der Waals surface area (Å²) in [7, 11) is 0. The highest BCUT2D eigenvalue weighted by Gasteiger charge is 2.23. The van der Waals surface area contributed by atoms with E-state index in [1.165, 1.54) is 22.3 Å². The second kappa shape index (κ2) is 10.6. The lowest BCUT2D eigenvalue weighted by Crippen LogP contribution is -2.36. The fraction of sp³-hybridized carbons (Fsp3) is 0.333. The molecule has 4 heterocycles. The Balaban J connectivity index is 1.21. The van der Waals surface area contributed by atoms with Crippen molar-refractivity contribution in [3.63, 3.8) is 0 Å². The number of aromatic nitrogens is 3. The number of ether oxygens (including phenoxy) is 1. The lowest BCUT2D eigenvalue weighted by Gasteiger charge is -2.35. The number of H-pyrrole nitrogens is 1. The minimum atomic E-state index is 0.557. The van der Waals surface area contributed by atoms with Crippen LogP contribution in [0.15, 0.2) is 55.2 Å². The number of benzene rings is 2. The number of hydrogen-bond acceptors (Lipinski definition) is 5. The van der Waals surface area contributed by atoms with Crippen molar-refractivity contribution in [1.82, 2.24) is 19.9 Å². The van der Waals surface area contributed by atoms with Crippen LogP contribution < -0.4 is 4.90 Å². The Bertz CT molecular complexity index is 1550. The number of imidazole rings is 1. The number of nitrogens with zero attached hydrogens (tertiary/aromatic N) is 4. The van der Waals surface area contributed by atoms with Gasteiger partial charge in [0.2, 0.25) is 0 Å². The molecule has 1 N–H and O–H groups in total. The van der Waals surface area contributed by atoms with Crippen LogP contribution in [0.5, 0.6) is 0 Å². The molecule has 2 aromatic heterocycles. The standard InChI is InChI=1S/C33H35N5O/c1-5-25-6-8-26(9-7-25)27-10-12-37(13-11-27)24(4)28-19-29(23(3)18-22(28)2)33-35-30-20-32(34-21-31(30)36-33)38-14-16-39-17-15-38/h1,6-9,18-21,27H,4,10-17H2,2-3H3,(H,35,36). The molecule has 2 aliphatic heterocycles. The van der Waals surface area contributed by atoms with Crippen LogP contribution in [0.2, 0.25) is 0 Å². The number of fused-ring (bicyclic) bond motifs is 1. The molecule has 0 bridgehead atoms. The molecule has 6 rings (SSSR count). The Kier molecular flexibility index (Phi) is 6.85. The molecule has 0 radical (unpaired) electrons. The highest BCUT2D eigenvalue weighted by molar-refractivity contribution is 5.82. The normalized spacial score (nSPS) is 16.4. The van der Waals surface area contributed by atoms with E-state index in [4.69, 9.17) is 16.1 Å². The van der Waals surface area contributed by atoms with E-state index in [0.29, 0.717) is 5.92 Å². The second-order valence-electron chi connectivity index (χ2n) is 10.7. The minimum absolute atomic E-state index is 0.557. The van der Waals surface area contributed by atoms with Gasteiger partial charge in [0.15, 0.2) is 0 Å². The van der Waals surface area contributed by atoms with Crippen molar-refractivity contribution in [1.29, 1.82) is 0 Å². The molecule has 2 fully saturated rings. The number of pyridine rings is 1. The summed E-state index contributed by atoms with van der Waals surface area (Å²) in [4.78, 5) is 17.9. The fourth-order valence-electron chi connectivity index (χ4n) is 5.91. The summed E-state index contributed by atoms with van der Waals surface area (Å²) in [5.41, 5.74) is 9.99. The summed E-state index contributed by atoms with van der Waals surface area (Å²) in [6.45, 7) is 14.0. The monoisotopic (exact) mass is 517 g/mol. The molecule has 2 saturated heterocycles. The van der Waals surface area contributed by atoms with Crippen LogP contribution in [0, 0.1) is 26.2 Å². The number of anilines is 1. The molecule has 39 heavy (non-hydrogen) atoms. The zero-order chi connectivity index (χ0) is 26.9. The van der Waals surface area contributed by atoms with E-state index in [2.05, 4.69) is 88.6 Å². The Morgan fingerprint density at radius 3 is 2.49 bits per heavy atom. The van der Waals surface area contributed by atoms with Crippen LogP contribution in [0.25, 0.3) is 28.1 Å². The van der Waals surface area contributed by atoms with Crippen molar-refractivity contribution < 1.29 is 4.74 Å². The van der Waals surface area contributed by atoms with Gasteiger partial charge in [0.1, 0.15) is 11.6 Å². The quantitative estimate of drug-likeness (QED) is 0.334. The Labute approximate surface area is 230 Å². The smallest absolute Gasteiger partial charge is 0.138 e. The van der Waals surface area contributed by atoms with E-state index in [-0.39, 0.29) is 0 Å². The molecule has 0 atom stereocenters. The molecule has 0 aliphatic carbocycles. The number of terminal acetylenes is 1. The number of hydrogen-bond donors (Lipinski definition) is 1. The van der Waals surface area contributed by atoms with Crippen LogP contribution in [0.3, 0.4) is 0 Å². The van der Waals surface area contributed by atoms with Gasteiger partial charge < -0.3 is 19.5 Å². The minimum Gasteiger partial charge on any atom is -0.378 e. The van der Waals surface area contributed by atoms with Crippen molar-refractivity contribution >= 4 is 22.5 Å². The molecule has 6 heteroatoms. The van der Waals surface area contributed by atoms with Crippen LogP contribution in [-0.2, 0) is 4.74 Å². The summed E-state index contributed by atoms with van der Waals surface area (Å²) in [6.07, 6.45) is 9.63. The van der Waals surface area contributed by atoms with Crippen molar-refractivity contribution in [2.75, 3.05) is 44.3 Å². The Morgan fingerprint density at radius 2 is 1.77 bits per heavy atom. The highest BCUT2D eigenvalue weighted by atomic mass is 16.5. The summed E-state index contributed by atoms with van der Waals surface area (Å²) < 4.78 is 5.49. The summed E-state index contributed by atoms with van der Waals surface area (Å²) in [5.74, 6) is 5.09. The lowest BCUT2D eigenvalue weighted by atomic mass is 9.88. The van der Waals surface area contributed by atoms with Gasteiger partial charge >= 0.3 is 0 Å². The predicted molar refractivity (Wildman–Crippen MR) is 159 cm³/mol. The molecule has 0 saturated carbocycles. The van der Waals surface area contributed by atoms with Crippen molar-refractivity contribution in [3.05, 3.63) is 83.1 Å². The van der Waals surface area contributed by atoms with Crippen LogP contribution in [0.4, 0.5) is 5.82 Å². The van der Waals surface area contributed by atoms with E-state index in [1.54, 1.807) is 0 Å². The van der Waals surface area contributed by atoms with Crippen LogP contribution in [0.1, 0.15) is 46.6 Å². The van der Waals surface area contributed by atoms with Gasteiger partial charge in [-0.1, -0.05) is 30.7 Å². The van der Waals surface area contributed by atoms with E-state index in [1.807, 2.05) is 6.20 Å². The Morgan fingerprint density at radius 1 is 1.03 bits per heavy atom. The van der Waals surface area contributed by atoms with Crippen molar-refractivity contribution in [2.45, 2.75) is 32.6 Å². The molecule has 0 unspecified atom stereocenters. The average molecular weight is 518 g/mol. The first kappa shape index (κ1) is 25.2. The third-order valence-electron chi connectivity index (χ3n) is 8.25. The number of aromatic amines is 1. The van der Waals surface area contributed by atoms with Gasteiger partial charge in [-0.3, -0.25) is 0 Å². The lowest BCUT2D eigenvalue weighted by molar-refractivity contribution is 0.122. The summed E-state index contributed by atoms with van der Waals surface area (Å²) >= 11 is 0. The number of nitrogens with one attached hydrogen (secondary N) is 1. The molecule has 2 aromatic carbocycles. The maximum absolute atomic E-state index is 5.53. The second-order valence-corrected chi connectivity index (χ2v) is 10.7. The zero-order valence-corrected chi connectivity index (χ0v) is 22.8. The van der Waals surface area contributed by atoms with E-state index in [0.717, 1.165) is 91.7 Å². The predicted octanol–water partition coefficient (Wildman–Crippen LogP) is 5.91. The molecule has 198 valence electrons. The highest BCUT2D eigenvalue weighted by Crippen LogP contribution is 2.35. The average Bonchev–Trinajstić information content (AvgIpc) is 3.41. The van der Waals surface area contributed by atoms with Crippen LogP contribution in [-0.4, -0.2) is 59.2 Å². The number of likely N-dealkylation sites (tertiary alicyclic amines) is 1. The molecule has 6 nitrogen and oxygen atoms in total. The first-order valence-electron chi connectivity index (χ1n) is 13.8. The summed E-state index contributed by atoms with van der Waals surface area (Å²) in [5, 5.41) is 0. The number of rotatable bonds is 5. The fourth-order valence-corrected chi connectivity index (χ4v) is 5.91. The third kappa shape index (κ3) is 5.03. The summed E-state index contributed by atoms with van der Waals surface area (Å²) in [6, 6.07) is 15.1. The number of piperidine rings is 1. The largest absolute Gasteiger partial charge is 0.378 e. The van der Waals surface area contributed by atoms with Crippen molar-refractivity contribution in [3.8, 4) is 23.7 Å². The SMILES string of the molecule is C#Cc1ccc(C2CCN(C(=C)c3cc(-c4nc5cc(N6CCOCC6)ncc5[nH]4)c(C)cc3C)CC2)cc1. The molecular weight excluding hydrogens is 482 g/mol. The maximum atomic E-state index is 5.53. The van der Waals surface area contributed by atoms with E-state index in [9.17, 15) is 0 Å². The van der Waals surface area contributed by atoms with Gasteiger partial charge in [-0.15, -0.1) is 6.42 Å². The van der Waals surface area contributed by atoms with Gasteiger partial charge in [-0.2, -0.15) is 0 Å².